The van der Waals surface area contributed by atoms with Crippen LogP contribution in [0.2, 0.25) is 10.0 Å². The van der Waals surface area contributed by atoms with E-state index in [-0.39, 0.29) is 6.04 Å². The van der Waals surface area contributed by atoms with Crippen LogP contribution in [-0.2, 0) is 0 Å². The van der Waals surface area contributed by atoms with Crippen LogP contribution in [0.5, 0.6) is 0 Å². The van der Waals surface area contributed by atoms with Gasteiger partial charge in [0.1, 0.15) is 0 Å². The number of nitrogens with zero attached hydrogens (tertiary/aromatic N) is 4. The predicted molar refractivity (Wildman–Crippen MR) is 141 cm³/mol. The highest BCUT2D eigenvalue weighted by molar-refractivity contribution is 6.42. The summed E-state index contributed by atoms with van der Waals surface area (Å²) in [7, 11) is 0. The third kappa shape index (κ3) is 4.25. The van der Waals surface area contributed by atoms with Gasteiger partial charge in [0.05, 0.1) is 54.9 Å². The van der Waals surface area contributed by atoms with Crippen LogP contribution in [-0.4, -0.2) is 20.6 Å². The van der Waals surface area contributed by atoms with Gasteiger partial charge in [-0.15, -0.1) is 0 Å². The number of fused-ring (bicyclic) bond motifs is 2. The fraction of sp³-hybridized carbons (Fsp3) is 0.148. The average molecular weight is 488 g/mol. The van der Waals surface area contributed by atoms with E-state index in [1.54, 1.807) is 6.20 Å². The van der Waals surface area contributed by atoms with Gasteiger partial charge in [-0.05, 0) is 75.4 Å². The Labute approximate surface area is 208 Å². The van der Waals surface area contributed by atoms with Gasteiger partial charge in [-0.25, -0.2) is 4.98 Å². The minimum absolute atomic E-state index is 0.111. The van der Waals surface area contributed by atoms with E-state index in [0.29, 0.717) is 10.0 Å². The zero-order chi connectivity index (χ0) is 23.8. The lowest BCUT2D eigenvalue weighted by Crippen LogP contribution is -2.16. The fourth-order valence-corrected chi connectivity index (χ4v) is 4.28. The van der Waals surface area contributed by atoms with Crippen molar-refractivity contribution in [3.05, 3.63) is 94.0 Å². The maximum absolute atomic E-state index is 6.40. The molecule has 2 aromatic carbocycles. The van der Waals surface area contributed by atoms with Gasteiger partial charge in [-0.2, -0.15) is 0 Å². The highest BCUT2D eigenvalue weighted by Gasteiger charge is 2.17. The van der Waals surface area contributed by atoms with E-state index in [1.807, 2.05) is 61.5 Å². The van der Waals surface area contributed by atoms with Crippen molar-refractivity contribution in [2.24, 2.45) is 4.99 Å². The molecule has 0 saturated carbocycles. The molecular weight excluding hydrogens is 465 g/mol. The smallest absolute Gasteiger partial charge is 0.0900 e. The summed E-state index contributed by atoms with van der Waals surface area (Å²) in [5.74, 6) is 0. The molecule has 3 aromatic rings. The van der Waals surface area contributed by atoms with Gasteiger partial charge < -0.3 is 9.88 Å². The van der Waals surface area contributed by atoms with Gasteiger partial charge in [0.15, 0.2) is 0 Å². The molecule has 0 bridgehead atoms. The van der Waals surface area contributed by atoms with E-state index in [2.05, 4.69) is 40.8 Å². The van der Waals surface area contributed by atoms with Crippen LogP contribution in [0.4, 0.5) is 11.4 Å². The second-order valence-corrected chi connectivity index (χ2v) is 9.19. The van der Waals surface area contributed by atoms with Crippen LogP contribution < -0.4 is 10.7 Å². The van der Waals surface area contributed by atoms with Gasteiger partial charge in [0, 0.05) is 17.9 Å². The molecule has 0 saturated heterocycles. The van der Waals surface area contributed by atoms with E-state index < -0.39 is 0 Å². The van der Waals surface area contributed by atoms with Crippen LogP contribution in [0.15, 0.2) is 77.9 Å². The Bertz CT molecular complexity index is 1560. The minimum Gasteiger partial charge on any atom is -0.352 e. The topological polar surface area (TPSA) is 55.1 Å². The molecular formula is C27H23Cl2N5. The molecule has 1 N–H and O–H groups in total. The van der Waals surface area contributed by atoms with E-state index >= 15 is 0 Å². The van der Waals surface area contributed by atoms with Gasteiger partial charge >= 0.3 is 0 Å². The van der Waals surface area contributed by atoms with Crippen molar-refractivity contribution in [1.82, 2.24) is 14.5 Å². The molecule has 7 heteroatoms. The van der Waals surface area contributed by atoms with E-state index in [0.717, 1.165) is 50.5 Å². The number of anilines is 2. The molecule has 1 aliphatic carbocycles. The standard InChI is InChI=1S/C27H23Cl2N5/c1-16(2)31-24-15-27-25(14-23(24)32-21-8-6-12-30-17(21)3)33-22-7-4-5-9-26(22)34(27)18-10-11-19(28)20(29)13-18/h4-16,32H,1-3H3. The molecule has 5 rings (SSSR count). The van der Waals surface area contributed by atoms with Crippen molar-refractivity contribution in [3.8, 4) is 17.1 Å². The van der Waals surface area contributed by atoms with Crippen molar-refractivity contribution in [3.63, 3.8) is 0 Å². The van der Waals surface area contributed by atoms with Crippen molar-refractivity contribution >= 4 is 45.6 Å². The Kier molecular flexibility index (Phi) is 5.98. The van der Waals surface area contributed by atoms with E-state index in [1.165, 1.54) is 0 Å². The SMILES string of the molecule is Cc1ncccc1Nc1cc2nc3ccccc3n(-c3ccc(Cl)c(Cl)c3)c-2cc1=NC(C)C. The van der Waals surface area contributed by atoms with Crippen LogP contribution in [0.25, 0.3) is 28.1 Å². The number of benzene rings is 3. The molecule has 1 aromatic heterocycles. The molecule has 2 aliphatic rings. The molecule has 0 atom stereocenters. The lowest BCUT2D eigenvalue weighted by molar-refractivity contribution is 0.806. The third-order valence-corrected chi connectivity index (χ3v) is 6.27. The van der Waals surface area contributed by atoms with Gasteiger partial charge in [0.25, 0.3) is 0 Å². The second kappa shape index (κ2) is 9.09. The Morgan fingerprint density at radius 3 is 2.50 bits per heavy atom. The molecule has 0 spiro atoms. The van der Waals surface area contributed by atoms with Crippen LogP contribution in [0.3, 0.4) is 0 Å². The molecule has 34 heavy (non-hydrogen) atoms. The first-order valence-electron chi connectivity index (χ1n) is 11.0. The number of nitrogens with one attached hydrogen (secondary N) is 1. The molecule has 5 nitrogen and oxygen atoms in total. The Morgan fingerprint density at radius 2 is 1.74 bits per heavy atom. The maximum atomic E-state index is 6.40. The van der Waals surface area contributed by atoms with Crippen LogP contribution in [0.1, 0.15) is 19.5 Å². The largest absolute Gasteiger partial charge is 0.352 e. The quantitative estimate of drug-likeness (QED) is 0.272. The zero-order valence-corrected chi connectivity index (χ0v) is 20.6. The monoisotopic (exact) mass is 487 g/mol. The normalized spacial score (nSPS) is 12.1. The van der Waals surface area contributed by atoms with Crippen molar-refractivity contribution < 1.29 is 0 Å². The van der Waals surface area contributed by atoms with Crippen LogP contribution >= 0.6 is 23.2 Å². The molecule has 0 fully saturated rings. The molecule has 170 valence electrons. The molecule has 1 aliphatic heterocycles. The molecule has 0 amide bonds. The highest BCUT2D eigenvalue weighted by Crippen LogP contribution is 2.33. The second-order valence-electron chi connectivity index (χ2n) is 8.38. The number of hydrogen-bond acceptors (Lipinski definition) is 4. The summed E-state index contributed by atoms with van der Waals surface area (Å²) < 4.78 is 2.15. The van der Waals surface area contributed by atoms with Gasteiger partial charge in [0.2, 0.25) is 0 Å². The molecule has 0 unspecified atom stereocenters. The summed E-state index contributed by atoms with van der Waals surface area (Å²) in [5.41, 5.74) is 7.21. The predicted octanol–water partition coefficient (Wildman–Crippen LogP) is 7.19. The van der Waals surface area contributed by atoms with Gasteiger partial charge in [-0.1, -0.05) is 35.3 Å². The maximum Gasteiger partial charge on any atom is 0.0900 e. The zero-order valence-electron chi connectivity index (χ0n) is 19.1. The number of aryl methyl sites for hydroxylation is 1. The number of hydrogen-bond donors (Lipinski definition) is 1. The summed E-state index contributed by atoms with van der Waals surface area (Å²) in [6, 6.07) is 21.9. The summed E-state index contributed by atoms with van der Waals surface area (Å²) >= 11 is 12.6. The number of halogens is 2. The van der Waals surface area contributed by atoms with E-state index in [4.69, 9.17) is 33.2 Å². The summed E-state index contributed by atoms with van der Waals surface area (Å²) in [5, 5.41) is 5.38. The lowest BCUT2D eigenvalue weighted by Gasteiger charge is -2.21. The Hall–Kier alpha value is -3.41. The fourth-order valence-electron chi connectivity index (χ4n) is 3.99. The number of rotatable bonds is 4. The van der Waals surface area contributed by atoms with Crippen LogP contribution in [0, 0.1) is 6.92 Å². The lowest BCUT2D eigenvalue weighted by atomic mass is 10.1. The van der Waals surface area contributed by atoms with Gasteiger partial charge in [-0.3, -0.25) is 9.98 Å². The molecule has 0 radical (unpaired) electrons. The first-order chi connectivity index (χ1) is 16.4. The number of aromatic nitrogens is 3. The molecule has 2 heterocycles. The minimum atomic E-state index is 0.111. The van der Waals surface area contributed by atoms with Crippen molar-refractivity contribution in [2.75, 3.05) is 5.32 Å². The first-order valence-corrected chi connectivity index (χ1v) is 11.8. The Balaban J connectivity index is 1.84. The average Bonchev–Trinajstić information content (AvgIpc) is 2.81. The summed E-state index contributed by atoms with van der Waals surface area (Å²) in [6.07, 6.45) is 1.79. The third-order valence-electron chi connectivity index (χ3n) is 5.53. The highest BCUT2D eigenvalue weighted by atomic mass is 35.5. The van der Waals surface area contributed by atoms with E-state index in [9.17, 15) is 0 Å². The first kappa shape index (κ1) is 22.4. The number of pyridine rings is 1. The summed E-state index contributed by atoms with van der Waals surface area (Å²) in [4.78, 5) is 14.3. The summed E-state index contributed by atoms with van der Waals surface area (Å²) in [6.45, 7) is 6.11. The van der Waals surface area contributed by atoms with Crippen molar-refractivity contribution in [2.45, 2.75) is 26.8 Å². The Morgan fingerprint density at radius 1 is 0.912 bits per heavy atom. The number of para-hydroxylation sites is 2. The van der Waals surface area contributed by atoms with Crippen molar-refractivity contribution in [1.29, 1.82) is 0 Å².